The van der Waals surface area contributed by atoms with Gasteiger partial charge in [-0.05, 0) is 50.2 Å². The lowest BCUT2D eigenvalue weighted by atomic mass is 9.73. The fourth-order valence-electron chi connectivity index (χ4n) is 5.48. The first-order chi connectivity index (χ1) is 12.9. The van der Waals surface area contributed by atoms with E-state index in [2.05, 4.69) is 12.2 Å². The Balaban J connectivity index is 1.44. The molecule has 5 rings (SSSR count). The molecule has 0 bridgehead atoms. The third-order valence-electron chi connectivity index (χ3n) is 7.04. The summed E-state index contributed by atoms with van der Waals surface area (Å²) in [4.78, 5) is 12.4. The number of halogens is 1. The molecule has 27 heavy (non-hydrogen) atoms. The van der Waals surface area contributed by atoms with Gasteiger partial charge in [-0.15, -0.1) is 0 Å². The minimum absolute atomic E-state index is 0.0119. The van der Waals surface area contributed by atoms with Gasteiger partial charge in [0.05, 0.1) is 18.2 Å². The number of hydrogen-bond donors (Lipinski definition) is 1. The van der Waals surface area contributed by atoms with Gasteiger partial charge in [-0.25, -0.2) is 0 Å². The van der Waals surface area contributed by atoms with Crippen molar-refractivity contribution >= 4 is 17.5 Å². The molecule has 0 aromatic heterocycles. The zero-order valence-corrected chi connectivity index (χ0v) is 16.7. The highest BCUT2D eigenvalue weighted by Gasteiger charge is 2.49. The van der Waals surface area contributed by atoms with E-state index in [-0.39, 0.29) is 17.3 Å². The summed E-state index contributed by atoms with van der Waals surface area (Å²) in [5.74, 6) is 0.855. The van der Waals surface area contributed by atoms with Crippen LogP contribution in [0.3, 0.4) is 0 Å². The van der Waals surface area contributed by atoms with Crippen LogP contribution in [0, 0.1) is 12.8 Å². The summed E-state index contributed by atoms with van der Waals surface area (Å²) in [6, 6.07) is 0. The Morgan fingerprint density at radius 3 is 2.56 bits per heavy atom. The van der Waals surface area contributed by atoms with Crippen LogP contribution in [0.5, 0.6) is 5.75 Å². The summed E-state index contributed by atoms with van der Waals surface area (Å²) in [5.41, 5.74) is 3.54. The highest BCUT2D eigenvalue weighted by Crippen LogP contribution is 2.52. The highest BCUT2D eigenvalue weighted by atomic mass is 35.5. The molecular formula is C21H26ClNO4. The molecule has 1 amide bonds. The molecule has 0 radical (unpaired) electrons. The summed E-state index contributed by atoms with van der Waals surface area (Å²) >= 11 is 6.73. The van der Waals surface area contributed by atoms with Crippen LogP contribution in [0.15, 0.2) is 0 Å². The largest absolute Gasteiger partial charge is 0.485 e. The molecule has 1 saturated carbocycles. The minimum Gasteiger partial charge on any atom is -0.485 e. The van der Waals surface area contributed by atoms with Crippen molar-refractivity contribution in [3.63, 3.8) is 0 Å². The Hall–Kier alpha value is -1.30. The summed E-state index contributed by atoms with van der Waals surface area (Å²) in [6.07, 6.45) is 5.42. The van der Waals surface area contributed by atoms with Crippen LogP contribution in [0.25, 0.3) is 0 Å². The van der Waals surface area contributed by atoms with Crippen LogP contribution < -0.4 is 10.1 Å². The molecule has 1 aromatic rings. The lowest BCUT2D eigenvalue weighted by Crippen LogP contribution is -2.45. The molecule has 6 heteroatoms. The molecule has 1 aromatic carbocycles. The zero-order valence-electron chi connectivity index (χ0n) is 16.0. The number of carbonyl (C=O) groups excluding carboxylic acids is 1. The summed E-state index contributed by atoms with van der Waals surface area (Å²) in [6.45, 7) is 6.26. The Labute approximate surface area is 164 Å². The van der Waals surface area contributed by atoms with E-state index in [4.69, 9.17) is 25.8 Å². The third kappa shape index (κ3) is 2.62. The number of benzene rings is 1. The molecule has 1 spiro atoms. The van der Waals surface area contributed by atoms with Crippen LogP contribution in [0.2, 0.25) is 5.02 Å². The normalized spacial score (nSPS) is 29.4. The van der Waals surface area contributed by atoms with E-state index in [1.807, 2.05) is 6.92 Å². The van der Waals surface area contributed by atoms with Gasteiger partial charge in [-0.1, -0.05) is 11.6 Å². The fourth-order valence-corrected chi connectivity index (χ4v) is 5.82. The van der Waals surface area contributed by atoms with Crippen molar-refractivity contribution in [2.24, 2.45) is 5.92 Å². The van der Waals surface area contributed by atoms with Gasteiger partial charge in [0.1, 0.15) is 11.4 Å². The first-order valence-corrected chi connectivity index (χ1v) is 10.4. The second-order valence-corrected chi connectivity index (χ2v) is 8.96. The molecule has 1 atom stereocenters. The van der Waals surface area contributed by atoms with Crippen LogP contribution in [0.4, 0.5) is 0 Å². The quantitative estimate of drug-likeness (QED) is 0.795. The predicted molar refractivity (Wildman–Crippen MR) is 102 cm³/mol. The summed E-state index contributed by atoms with van der Waals surface area (Å²) < 4.78 is 18.3. The fraction of sp³-hybridized carbons (Fsp3) is 0.667. The van der Waals surface area contributed by atoms with Crippen molar-refractivity contribution in [1.29, 1.82) is 0 Å². The smallest absolute Gasteiger partial charge is 0.251 e. The van der Waals surface area contributed by atoms with Crippen molar-refractivity contribution < 1.29 is 19.0 Å². The van der Waals surface area contributed by atoms with Crippen LogP contribution >= 0.6 is 11.6 Å². The number of carbonyl (C=O) groups is 1. The Bertz CT molecular complexity index is 807. The molecule has 5 nitrogen and oxygen atoms in total. The maximum absolute atomic E-state index is 12.4. The SMILES string of the molecule is Cc1c2c(c(Cl)c3c1C(=O)NCC3)OC(C)(C1CCC3(CC1)OCCO3)C2. The number of rotatable bonds is 1. The zero-order chi connectivity index (χ0) is 18.8. The molecule has 1 unspecified atom stereocenters. The molecule has 1 N–H and O–H groups in total. The van der Waals surface area contributed by atoms with Crippen molar-refractivity contribution in [2.45, 2.75) is 63.8 Å². The van der Waals surface area contributed by atoms with Gasteiger partial charge < -0.3 is 19.5 Å². The van der Waals surface area contributed by atoms with E-state index >= 15 is 0 Å². The first kappa shape index (κ1) is 17.8. The maximum Gasteiger partial charge on any atom is 0.251 e. The molecule has 1 aliphatic carbocycles. The average molecular weight is 392 g/mol. The van der Waals surface area contributed by atoms with Crippen molar-refractivity contribution in [3.05, 3.63) is 27.3 Å². The first-order valence-electron chi connectivity index (χ1n) is 10.0. The third-order valence-corrected chi connectivity index (χ3v) is 7.44. The molecule has 2 fully saturated rings. The number of nitrogens with one attached hydrogen (secondary N) is 1. The summed E-state index contributed by atoms with van der Waals surface area (Å²) in [5, 5.41) is 3.58. The van der Waals surface area contributed by atoms with Crippen LogP contribution in [0.1, 0.15) is 59.7 Å². The van der Waals surface area contributed by atoms with E-state index in [0.29, 0.717) is 30.7 Å². The van der Waals surface area contributed by atoms with Gasteiger partial charge >= 0.3 is 0 Å². The van der Waals surface area contributed by atoms with E-state index < -0.39 is 0 Å². The van der Waals surface area contributed by atoms with Gasteiger partial charge in [-0.3, -0.25) is 4.79 Å². The minimum atomic E-state index is -0.358. The molecule has 3 heterocycles. The average Bonchev–Trinajstić information content (AvgIpc) is 3.26. The standard InChI is InChI=1S/C21H26ClNO4/c1-12-15-11-20(2,13-3-6-21(7-4-13)25-9-10-26-21)27-18(15)17(22)14-5-8-23-19(24)16(12)14/h13H,3-11H2,1-2H3,(H,23,24). The number of ether oxygens (including phenoxy) is 3. The second-order valence-electron chi connectivity index (χ2n) is 8.58. The Morgan fingerprint density at radius 1 is 1.15 bits per heavy atom. The van der Waals surface area contributed by atoms with E-state index in [9.17, 15) is 4.79 Å². The lowest BCUT2D eigenvalue weighted by molar-refractivity contribution is -0.190. The topological polar surface area (TPSA) is 56.8 Å². The van der Waals surface area contributed by atoms with Crippen LogP contribution in [-0.2, 0) is 22.3 Å². The molecule has 1 saturated heterocycles. The van der Waals surface area contributed by atoms with E-state index in [1.165, 1.54) is 0 Å². The van der Waals surface area contributed by atoms with Gasteiger partial charge in [-0.2, -0.15) is 0 Å². The van der Waals surface area contributed by atoms with Crippen LogP contribution in [-0.4, -0.2) is 37.1 Å². The number of amides is 1. The predicted octanol–water partition coefficient (Wildman–Crippen LogP) is 3.56. The van der Waals surface area contributed by atoms with Gasteiger partial charge in [0.15, 0.2) is 5.79 Å². The lowest BCUT2D eigenvalue weighted by Gasteiger charge is -2.41. The van der Waals surface area contributed by atoms with Crippen molar-refractivity contribution in [1.82, 2.24) is 5.32 Å². The van der Waals surface area contributed by atoms with E-state index in [1.54, 1.807) is 0 Å². The Kier molecular flexibility index (Phi) is 4.01. The molecule has 146 valence electrons. The monoisotopic (exact) mass is 391 g/mol. The summed E-state index contributed by atoms with van der Waals surface area (Å²) in [7, 11) is 0. The van der Waals surface area contributed by atoms with Gasteiger partial charge in [0.25, 0.3) is 5.91 Å². The maximum atomic E-state index is 12.4. The number of fused-ring (bicyclic) bond motifs is 2. The van der Waals surface area contributed by atoms with E-state index in [0.717, 1.165) is 66.5 Å². The van der Waals surface area contributed by atoms with Gasteiger partial charge in [0, 0.05) is 36.9 Å². The highest BCUT2D eigenvalue weighted by molar-refractivity contribution is 6.33. The second kappa shape index (κ2) is 6.10. The van der Waals surface area contributed by atoms with Crippen molar-refractivity contribution in [3.8, 4) is 5.75 Å². The number of hydrogen-bond acceptors (Lipinski definition) is 4. The molecule has 3 aliphatic heterocycles. The molecule has 4 aliphatic rings. The van der Waals surface area contributed by atoms with Gasteiger partial charge in [0.2, 0.25) is 0 Å². The molecular weight excluding hydrogens is 366 g/mol. The van der Waals surface area contributed by atoms with Crippen molar-refractivity contribution in [2.75, 3.05) is 19.8 Å². The Morgan fingerprint density at radius 2 is 1.85 bits per heavy atom.